The minimum atomic E-state index is -0.570. The highest BCUT2D eigenvalue weighted by molar-refractivity contribution is 5.93. The van der Waals surface area contributed by atoms with Gasteiger partial charge in [0.2, 0.25) is 0 Å². The lowest BCUT2D eigenvalue weighted by Gasteiger charge is -2.07. The van der Waals surface area contributed by atoms with Crippen LogP contribution in [0.2, 0.25) is 0 Å². The van der Waals surface area contributed by atoms with Crippen molar-refractivity contribution in [3.05, 3.63) is 29.1 Å². The van der Waals surface area contributed by atoms with E-state index >= 15 is 0 Å². The van der Waals surface area contributed by atoms with Crippen LogP contribution in [0.15, 0.2) is 12.1 Å². The van der Waals surface area contributed by atoms with E-state index < -0.39 is 11.8 Å². The molecule has 3 nitrogen and oxygen atoms in total. The average Bonchev–Trinajstić information content (AvgIpc) is 2.55. The van der Waals surface area contributed by atoms with Gasteiger partial charge in [-0.15, -0.1) is 0 Å². The average molecular weight is 210 g/mol. The second-order valence-corrected chi connectivity index (χ2v) is 3.57. The van der Waals surface area contributed by atoms with Crippen molar-refractivity contribution in [1.82, 2.24) is 0 Å². The second-order valence-electron chi connectivity index (χ2n) is 3.57. The maximum Gasteiger partial charge on any atom is 0.341 e. The monoisotopic (exact) mass is 210 g/mol. The molecule has 1 aromatic rings. The van der Waals surface area contributed by atoms with Crippen molar-refractivity contribution in [2.24, 2.45) is 0 Å². The predicted molar refractivity (Wildman–Crippen MR) is 51.5 cm³/mol. The summed E-state index contributed by atoms with van der Waals surface area (Å²) in [6, 6.07) is 2.54. The van der Waals surface area contributed by atoms with Crippen LogP contribution >= 0.6 is 0 Å². The lowest BCUT2D eigenvalue weighted by atomic mass is 10.1. The smallest absolute Gasteiger partial charge is 0.341 e. The number of esters is 1. The van der Waals surface area contributed by atoms with E-state index in [9.17, 15) is 9.18 Å². The number of benzene rings is 1. The van der Waals surface area contributed by atoms with Gasteiger partial charge in [-0.05, 0) is 19.1 Å². The molecule has 2 rings (SSSR count). The van der Waals surface area contributed by atoms with Crippen LogP contribution in [0, 0.1) is 5.82 Å². The van der Waals surface area contributed by atoms with Gasteiger partial charge >= 0.3 is 5.97 Å². The molecule has 0 radical (unpaired) electrons. The fraction of sp³-hybridized carbons (Fsp3) is 0.364. The van der Waals surface area contributed by atoms with Gasteiger partial charge in [-0.1, -0.05) is 0 Å². The Morgan fingerprint density at radius 3 is 3.00 bits per heavy atom. The van der Waals surface area contributed by atoms with Crippen LogP contribution < -0.4 is 4.74 Å². The minimum Gasteiger partial charge on any atom is -0.489 e. The Hall–Kier alpha value is -1.58. The molecule has 0 N–H and O–H groups in total. The Bertz CT molecular complexity index is 415. The number of carbonyl (C=O) groups excluding carboxylic acids is 1. The van der Waals surface area contributed by atoms with E-state index in [0.717, 1.165) is 11.6 Å². The van der Waals surface area contributed by atoms with Crippen LogP contribution in [-0.2, 0) is 11.2 Å². The maximum absolute atomic E-state index is 13.2. The summed E-state index contributed by atoms with van der Waals surface area (Å²) >= 11 is 0. The van der Waals surface area contributed by atoms with Gasteiger partial charge in [-0.2, -0.15) is 0 Å². The molecule has 1 aromatic carbocycles. The molecule has 1 atom stereocenters. The van der Waals surface area contributed by atoms with E-state index in [2.05, 4.69) is 4.74 Å². The summed E-state index contributed by atoms with van der Waals surface area (Å²) in [5, 5.41) is 0. The van der Waals surface area contributed by atoms with E-state index in [4.69, 9.17) is 4.74 Å². The first-order valence-electron chi connectivity index (χ1n) is 4.69. The molecule has 0 bridgehead atoms. The first-order valence-corrected chi connectivity index (χ1v) is 4.69. The van der Waals surface area contributed by atoms with Crippen LogP contribution in [-0.4, -0.2) is 19.2 Å². The van der Waals surface area contributed by atoms with Crippen LogP contribution in [0.3, 0.4) is 0 Å². The molecule has 1 unspecified atom stereocenters. The third-order valence-electron chi connectivity index (χ3n) is 2.36. The summed E-state index contributed by atoms with van der Waals surface area (Å²) in [6.07, 6.45) is 0.599. The molecule has 1 aliphatic rings. The Kier molecular flexibility index (Phi) is 2.34. The van der Waals surface area contributed by atoms with Gasteiger partial charge in [0.05, 0.1) is 7.11 Å². The van der Waals surface area contributed by atoms with Crippen LogP contribution in [0.1, 0.15) is 22.8 Å². The summed E-state index contributed by atoms with van der Waals surface area (Å²) in [5.41, 5.74) is 0.889. The fourth-order valence-corrected chi connectivity index (χ4v) is 1.75. The van der Waals surface area contributed by atoms with Crippen molar-refractivity contribution >= 4 is 5.97 Å². The molecular weight excluding hydrogens is 199 g/mol. The third-order valence-corrected chi connectivity index (χ3v) is 2.36. The Morgan fingerprint density at radius 1 is 1.60 bits per heavy atom. The van der Waals surface area contributed by atoms with E-state index in [1.54, 1.807) is 0 Å². The minimum absolute atomic E-state index is 0.0230. The summed E-state index contributed by atoms with van der Waals surface area (Å²) in [6.45, 7) is 1.87. The van der Waals surface area contributed by atoms with Crippen molar-refractivity contribution in [3.63, 3.8) is 0 Å². The largest absolute Gasteiger partial charge is 0.489 e. The SMILES string of the molecule is COC(=O)c1cc(F)cc2c1OC(C)C2. The lowest BCUT2D eigenvalue weighted by molar-refractivity contribution is 0.0595. The van der Waals surface area contributed by atoms with Crippen molar-refractivity contribution in [1.29, 1.82) is 0 Å². The Morgan fingerprint density at radius 2 is 2.33 bits per heavy atom. The molecule has 0 aliphatic carbocycles. The second kappa shape index (κ2) is 3.53. The molecule has 0 spiro atoms. The van der Waals surface area contributed by atoms with Crippen molar-refractivity contribution in [3.8, 4) is 5.75 Å². The zero-order chi connectivity index (χ0) is 11.0. The van der Waals surface area contributed by atoms with Crippen molar-refractivity contribution < 1.29 is 18.7 Å². The topological polar surface area (TPSA) is 35.5 Å². The first kappa shape index (κ1) is 9.96. The van der Waals surface area contributed by atoms with Gasteiger partial charge in [0.1, 0.15) is 23.2 Å². The van der Waals surface area contributed by atoms with Crippen LogP contribution in [0.25, 0.3) is 0 Å². The van der Waals surface area contributed by atoms with E-state index in [1.165, 1.54) is 13.2 Å². The van der Waals surface area contributed by atoms with E-state index in [1.807, 2.05) is 6.92 Å². The highest BCUT2D eigenvalue weighted by atomic mass is 19.1. The van der Waals surface area contributed by atoms with E-state index in [0.29, 0.717) is 12.2 Å². The summed E-state index contributed by atoms with van der Waals surface area (Å²) < 4.78 is 23.2. The van der Waals surface area contributed by atoms with Crippen molar-refractivity contribution in [2.75, 3.05) is 7.11 Å². The lowest BCUT2D eigenvalue weighted by Crippen LogP contribution is -2.08. The Labute approximate surface area is 86.8 Å². The number of hydrogen-bond donors (Lipinski definition) is 0. The standard InChI is InChI=1S/C11H11FO3/c1-6-3-7-4-8(12)5-9(10(7)15-6)11(13)14-2/h4-6H,3H2,1-2H3. The third kappa shape index (κ3) is 1.67. The fourth-order valence-electron chi connectivity index (χ4n) is 1.75. The molecular formula is C11H11FO3. The molecule has 1 aliphatic heterocycles. The molecule has 1 heterocycles. The number of rotatable bonds is 1. The summed E-state index contributed by atoms with van der Waals surface area (Å²) in [7, 11) is 1.26. The molecule has 4 heteroatoms. The van der Waals surface area contributed by atoms with Gasteiger partial charge < -0.3 is 9.47 Å². The predicted octanol–water partition coefficient (Wildman–Crippen LogP) is 1.94. The highest BCUT2D eigenvalue weighted by Crippen LogP contribution is 2.33. The number of hydrogen-bond acceptors (Lipinski definition) is 3. The molecule has 0 saturated carbocycles. The number of ether oxygens (including phenoxy) is 2. The normalized spacial score (nSPS) is 18.2. The summed E-state index contributed by atoms with van der Waals surface area (Å²) in [5.74, 6) is -0.553. The quantitative estimate of drug-likeness (QED) is 0.664. The van der Waals surface area contributed by atoms with Gasteiger partial charge in [-0.3, -0.25) is 0 Å². The van der Waals surface area contributed by atoms with Crippen LogP contribution in [0.4, 0.5) is 4.39 Å². The van der Waals surface area contributed by atoms with Gasteiger partial charge in [0, 0.05) is 12.0 Å². The molecule has 0 aromatic heterocycles. The zero-order valence-electron chi connectivity index (χ0n) is 8.54. The molecule has 0 amide bonds. The van der Waals surface area contributed by atoms with Crippen molar-refractivity contribution in [2.45, 2.75) is 19.4 Å². The maximum atomic E-state index is 13.2. The van der Waals surface area contributed by atoms with Gasteiger partial charge in [-0.25, -0.2) is 9.18 Å². The number of halogens is 1. The highest BCUT2D eigenvalue weighted by Gasteiger charge is 2.26. The van der Waals surface area contributed by atoms with Gasteiger partial charge in [0.25, 0.3) is 0 Å². The zero-order valence-corrected chi connectivity index (χ0v) is 8.54. The van der Waals surface area contributed by atoms with Crippen LogP contribution in [0.5, 0.6) is 5.75 Å². The molecule has 0 fully saturated rings. The number of methoxy groups -OCH3 is 1. The summed E-state index contributed by atoms with van der Waals surface area (Å²) in [4.78, 5) is 11.4. The Balaban J connectivity index is 2.52. The first-order chi connectivity index (χ1) is 7.11. The van der Waals surface area contributed by atoms with Gasteiger partial charge in [0.15, 0.2) is 0 Å². The molecule has 80 valence electrons. The number of carbonyl (C=O) groups is 1. The molecule has 0 saturated heterocycles. The number of fused-ring (bicyclic) bond motifs is 1. The molecule has 15 heavy (non-hydrogen) atoms. The van der Waals surface area contributed by atoms with E-state index in [-0.39, 0.29) is 11.7 Å².